The molecule has 5 nitrogen and oxygen atoms in total. The number of ether oxygens (including phenoxy) is 1. The van der Waals surface area contributed by atoms with E-state index in [2.05, 4.69) is 9.97 Å². The second kappa shape index (κ2) is 4.97. The molecule has 0 saturated carbocycles. The lowest BCUT2D eigenvalue weighted by atomic mass is 10.6. The number of hydrogen-bond donors (Lipinski definition) is 1. The Morgan fingerprint density at radius 2 is 2.36 bits per heavy atom. The van der Waals surface area contributed by atoms with Crippen molar-refractivity contribution >= 4 is 11.6 Å². The lowest BCUT2D eigenvalue weighted by Crippen LogP contribution is -2.20. The van der Waals surface area contributed by atoms with Gasteiger partial charge in [0.2, 0.25) is 5.88 Å². The minimum atomic E-state index is -0.387. The van der Waals surface area contributed by atoms with Gasteiger partial charge in [-0.25, -0.2) is 4.98 Å². The molecular weight excluding hydrogens is 206 g/mol. The molecule has 1 aromatic heterocycles. The molecule has 1 N–H and O–H groups in total. The van der Waals surface area contributed by atoms with Gasteiger partial charge in [-0.1, -0.05) is 11.6 Å². The number of nitrogens with one attached hydrogen (secondary N) is 1. The van der Waals surface area contributed by atoms with Crippen LogP contribution in [0.25, 0.3) is 0 Å². The third-order valence-corrected chi connectivity index (χ3v) is 1.88. The van der Waals surface area contributed by atoms with Gasteiger partial charge >= 0.3 is 0 Å². The molecule has 6 heteroatoms. The average molecular weight is 218 g/mol. The standard InChI is InChI=1S/C8H12ClN3O2/c1-12(2)3-4-14-8-6(9)7(13)10-5-11-8/h5H,3-4H2,1-2H3,(H,10,11,13). The molecule has 1 aromatic rings. The number of aromatic nitrogens is 2. The number of halogens is 1. The average Bonchev–Trinajstić information content (AvgIpc) is 2.12. The molecule has 0 aliphatic heterocycles. The molecule has 0 bridgehead atoms. The van der Waals surface area contributed by atoms with Crippen LogP contribution >= 0.6 is 11.6 Å². The van der Waals surface area contributed by atoms with Crippen LogP contribution in [0.1, 0.15) is 0 Å². The highest BCUT2D eigenvalue weighted by Gasteiger charge is 2.06. The summed E-state index contributed by atoms with van der Waals surface area (Å²) in [5, 5.41) is -0.00810. The molecule has 0 atom stereocenters. The highest BCUT2D eigenvalue weighted by atomic mass is 35.5. The first-order chi connectivity index (χ1) is 6.61. The van der Waals surface area contributed by atoms with E-state index in [0.29, 0.717) is 6.61 Å². The molecule has 14 heavy (non-hydrogen) atoms. The van der Waals surface area contributed by atoms with Crippen molar-refractivity contribution in [1.82, 2.24) is 14.9 Å². The zero-order valence-electron chi connectivity index (χ0n) is 8.08. The lowest BCUT2D eigenvalue weighted by Gasteiger charge is -2.10. The molecule has 1 rings (SSSR count). The molecular formula is C8H12ClN3O2. The quantitative estimate of drug-likeness (QED) is 0.792. The lowest BCUT2D eigenvalue weighted by molar-refractivity contribution is 0.253. The first-order valence-corrected chi connectivity index (χ1v) is 4.50. The summed E-state index contributed by atoms with van der Waals surface area (Å²) in [7, 11) is 3.85. The number of rotatable bonds is 4. The summed E-state index contributed by atoms with van der Waals surface area (Å²) in [6.07, 6.45) is 1.26. The second-order valence-electron chi connectivity index (χ2n) is 3.00. The molecule has 0 aliphatic carbocycles. The third-order valence-electron chi connectivity index (χ3n) is 1.54. The van der Waals surface area contributed by atoms with Gasteiger partial charge in [-0.05, 0) is 14.1 Å². The fourth-order valence-corrected chi connectivity index (χ4v) is 0.950. The van der Waals surface area contributed by atoms with Crippen molar-refractivity contribution in [2.45, 2.75) is 0 Å². The number of nitrogens with zero attached hydrogens (tertiary/aromatic N) is 2. The summed E-state index contributed by atoms with van der Waals surface area (Å²) in [4.78, 5) is 19.1. The van der Waals surface area contributed by atoms with Crippen molar-refractivity contribution < 1.29 is 4.74 Å². The van der Waals surface area contributed by atoms with Crippen LogP contribution in [0.3, 0.4) is 0 Å². The van der Waals surface area contributed by atoms with Gasteiger partial charge in [0.1, 0.15) is 6.61 Å². The summed E-state index contributed by atoms with van der Waals surface area (Å²) in [5.41, 5.74) is -0.387. The summed E-state index contributed by atoms with van der Waals surface area (Å²) in [6, 6.07) is 0. The molecule has 0 aliphatic rings. The van der Waals surface area contributed by atoms with Crippen LogP contribution in [0.4, 0.5) is 0 Å². The Labute approximate surface area is 86.7 Å². The fraction of sp³-hybridized carbons (Fsp3) is 0.500. The molecule has 0 radical (unpaired) electrons. The van der Waals surface area contributed by atoms with Crippen LogP contribution in [-0.4, -0.2) is 42.1 Å². The van der Waals surface area contributed by atoms with Crippen molar-refractivity contribution in [3.05, 3.63) is 21.7 Å². The Kier molecular flexibility index (Phi) is 3.91. The maximum atomic E-state index is 11.0. The predicted molar refractivity (Wildman–Crippen MR) is 53.9 cm³/mol. The largest absolute Gasteiger partial charge is 0.475 e. The Morgan fingerprint density at radius 3 is 3.00 bits per heavy atom. The molecule has 0 spiro atoms. The molecule has 0 fully saturated rings. The second-order valence-corrected chi connectivity index (χ2v) is 3.38. The number of H-pyrrole nitrogens is 1. The van der Waals surface area contributed by atoms with Gasteiger partial charge in [0.25, 0.3) is 5.56 Å². The van der Waals surface area contributed by atoms with Gasteiger partial charge in [0.05, 0.1) is 6.33 Å². The number of likely N-dealkylation sites (N-methyl/N-ethyl adjacent to an activating group) is 1. The minimum Gasteiger partial charge on any atom is -0.475 e. The van der Waals surface area contributed by atoms with Gasteiger partial charge in [-0.15, -0.1) is 0 Å². The summed E-state index contributed by atoms with van der Waals surface area (Å²) >= 11 is 5.66. The maximum Gasteiger partial charge on any atom is 0.273 e. The molecule has 0 aromatic carbocycles. The Hall–Kier alpha value is -1.07. The van der Waals surface area contributed by atoms with Crippen molar-refractivity contribution in [3.8, 4) is 5.88 Å². The smallest absolute Gasteiger partial charge is 0.273 e. The van der Waals surface area contributed by atoms with Gasteiger partial charge in [0.15, 0.2) is 5.02 Å². The van der Waals surface area contributed by atoms with Gasteiger partial charge < -0.3 is 14.6 Å². The Morgan fingerprint density at radius 1 is 1.64 bits per heavy atom. The first-order valence-electron chi connectivity index (χ1n) is 4.12. The van der Waals surface area contributed by atoms with Crippen LogP contribution in [0, 0.1) is 0 Å². The predicted octanol–water partition coefficient (Wildman–Crippen LogP) is 0.364. The van der Waals surface area contributed by atoms with Crippen molar-refractivity contribution in [2.24, 2.45) is 0 Å². The van der Waals surface area contributed by atoms with Crippen molar-refractivity contribution in [1.29, 1.82) is 0 Å². The minimum absolute atomic E-state index is 0.00810. The van der Waals surface area contributed by atoms with Crippen molar-refractivity contribution in [3.63, 3.8) is 0 Å². The van der Waals surface area contributed by atoms with Crippen LogP contribution in [0.15, 0.2) is 11.1 Å². The monoisotopic (exact) mass is 217 g/mol. The van der Waals surface area contributed by atoms with Gasteiger partial charge in [-0.2, -0.15) is 0 Å². The van der Waals surface area contributed by atoms with Crippen molar-refractivity contribution in [2.75, 3.05) is 27.2 Å². The van der Waals surface area contributed by atoms with Gasteiger partial charge in [-0.3, -0.25) is 4.79 Å². The van der Waals surface area contributed by atoms with E-state index in [0.717, 1.165) is 6.54 Å². The van der Waals surface area contributed by atoms with E-state index in [1.165, 1.54) is 6.33 Å². The topological polar surface area (TPSA) is 58.2 Å². The van der Waals surface area contributed by atoms with Crippen LogP contribution in [0.5, 0.6) is 5.88 Å². The third kappa shape index (κ3) is 3.01. The Balaban J connectivity index is 2.59. The van der Waals surface area contributed by atoms with E-state index in [1.807, 2.05) is 19.0 Å². The normalized spacial score (nSPS) is 10.6. The fourth-order valence-electron chi connectivity index (χ4n) is 0.792. The van der Waals surface area contributed by atoms with E-state index in [-0.39, 0.29) is 16.5 Å². The molecule has 78 valence electrons. The first kappa shape index (κ1) is 11.0. The van der Waals surface area contributed by atoms with E-state index < -0.39 is 0 Å². The molecule has 1 heterocycles. The number of hydrogen-bond acceptors (Lipinski definition) is 4. The van der Waals surface area contributed by atoms with Crippen LogP contribution in [0.2, 0.25) is 5.02 Å². The molecule has 0 amide bonds. The zero-order chi connectivity index (χ0) is 10.6. The number of aromatic amines is 1. The summed E-state index contributed by atoms with van der Waals surface area (Å²) in [5.74, 6) is 0.178. The SMILES string of the molecule is CN(C)CCOc1nc[nH]c(=O)c1Cl. The highest BCUT2D eigenvalue weighted by Crippen LogP contribution is 2.14. The van der Waals surface area contributed by atoms with E-state index >= 15 is 0 Å². The summed E-state index contributed by atoms with van der Waals surface area (Å²) < 4.78 is 5.22. The van der Waals surface area contributed by atoms with E-state index in [4.69, 9.17) is 16.3 Å². The molecule has 0 unspecified atom stereocenters. The van der Waals surface area contributed by atoms with Crippen LogP contribution < -0.4 is 10.3 Å². The highest BCUT2D eigenvalue weighted by molar-refractivity contribution is 6.31. The maximum absolute atomic E-state index is 11.0. The van der Waals surface area contributed by atoms with Crippen LogP contribution in [-0.2, 0) is 0 Å². The van der Waals surface area contributed by atoms with Gasteiger partial charge in [0, 0.05) is 6.54 Å². The zero-order valence-corrected chi connectivity index (χ0v) is 8.84. The van der Waals surface area contributed by atoms with E-state index in [9.17, 15) is 4.79 Å². The summed E-state index contributed by atoms with van der Waals surface area (Å²) in [6.45, 7) is 1.19. The molecule has 0 saturated heterocycles. The van der Waals surface area contributed by atoms with E-state index in [1.54, 1.807) is 0 Å². The Bertz CT molecular complexity index is 351.